The van der Waals surface area contributed by atoms with E-state index in [0.29, 0.717) is 12.1 Å². The molecule has 0 aromatic carbocycles. The van der Waals surface area contributed by atoms with E-state index in [4.69, 9.17) is 10.5 Å². The molecular formula is C8H15NO2. The van der Waals surface area contributed by atoms with Gasteiger partial charge in [-0.25, -0.2) is 0 Å². The summed E-state index contributed by atoms with van der Waals surface area (Å²) in [6.07, 6.45) is 0.506. The van der Waals surface area contributed by atoms with Crippen LogP contribution in [-0.4, -0.2) is 16.8 Å². The number of nitrogens with one attached hydrogen (secondary N) is 1. The van der Waals surface area contributed by atoms with Crippen molar-refractivity contribution in [1.82, 2.24) is 0 Å². The second-order valence-electron chi connectivity index (χ2n) is 2.91. The van der Waals surface area contributed by atoms with Gasteiger partial charge in [0.1, 0.15) is 0 Å². The number of hydrogen-bond acceptors (Lipinski definition) is 2. The van der Waals surface area contributed by atoms with E-state index in [1.165, 1.54) is 0 Å². The van der Waals surface area contributed by atoms with Crippen molar-refractivity contribution >= 4 is 11.7 Å². The van der Waals surface area contributed by atoms with Crippen LogP contribution in [0.4, 0.5) is 0 Å². The summed E-state index contributed by atoms with van der Waals surface area (Å²) in [7, 11) is 0. The van der Waals surface area contributed by atoms with Crippen LogP contribution in [0.1, 0.15) is 27.2 Å². The number of carboxylic acids is 1. The maximum atomic E-state index is 10.5. The second-order valence-corrected chi connectivity index (χ2v) is 2.91. The quantitative estimate of drug-likeness (QED) is 0.611. The lowest BCUT2D eigenvalue weighted by molar-refractivity contribution is -0.139. The van der Waals surface area contributed by atoms with Gasteiger partial charge >= 0.3 is 5.97 Å². The first-order valence-corrected chi connectivity index (χ1v) is 3.81. The van der Waals surface area contributed by atoms with Crippen LogP contribution in [0, 0.1) is 17.2 Å². The van der Waals surface area contributed by atoms with Gasteiger partial charge in [-0.15, -0.1) is 0 Å². The molecule has 11 heavy (non-hydrogen) atoms. The van der Waals surface area contributed by atoms with E-state index in [1.807, 2.05) is 13.8 Å². The molecule has 2 N–H and O–H groups in total. The Hall–Kier alpha value is -0.860. The Morgan fingerprint density at radius 3 is 2.09 bits per heavy atom. The molecule has 0 heterocycles. The summed E-state index contributed by atoms with van der Waals surface area (Å²) < 4.78 is 0. The molecule has 3 heteroatoms. The lowest BCUT2D eigenvalue weighted by atomic mass is 9.92. The standard InChI is InChI=1S/C8H15NO2/c1-4-6(8(10)11)7(9)5(2)3/h5-6,9H,4H2,1-3H3,(H,10,11)/t6-/m0/s1. The first-order valence-electron chi connectivity index (χ1n) is 3.81. The highest BCUT2D eigenvalue weighted by Gasteiger charge is 2.22. The van der Waals surface area contributed by atoms with Gasteiger partial charge in [0.25, 0.3) is 0 Å². The number of aliphatic carboxylic acids is 1. The summed E-state index contributed by atoms with van der Waals surface area (Å²) in [4.78, 5) is 10.5. The molecule has 0 unspecified atom stereocenters. The van der Waals surface area contributed by atoms with Gasteiger partial charge in [-0.05, 0) is 12.3 Å². The molecule has 0 amide bonds. The molecular weight excluding hydrogens is 142 g/mol. The van der Waals surface area contributed by atoms with Crippen molar-refractivity contribution in [2.45, 2.75) is 27.2 Å². The van der Waals surface area contributed by atoms with E-state index in [1.54, 1.807) is 6.92 Å². The highest BCUT2D eigenvalue weighted by Crippen LogP contribution is 2.11. The molecule has 0 saturated carbocycles. The SMILES string of the molecule is CC[C@@H](C(=N)C(C)C)C(=O)O. The molecule has 1 atom stereocenters. The van der Waals surface area contributed by atoms with Crippen LogP contribution in [0.3, 0.4) is 0 Å². The normalized spacial score (nSPS) is 13.1. The largest absolute Gasteiger partial charge is 0.481 e. The lowest BCUT2D eigenvalue weighted by Gasteiger charge is -2.13. The molecule has 3 nitrogen and oxygen atoms in total. The van der Waals surface area contributed by atoms with Crippen LogP contribution < -0.4 is 0 Å². The van der Waals surface area contributed by atoms with Gasteiger partial charge in [0.05, 0.1) is 5.92 Å². The summed E-state index contributed by atoms with van der Waals surface area (Å²) in [6, 6.07) is 0. The zero-order valence-electron chi connectivity index (χ0n) is 7.22. The average Bonchev–Trinajstić information content (AvgIpc) is 1.88. The Morgan fingerprint density at radius 2 is 2.00 bits per heavy atom. The van der Waals surface area contributed by atoms with Gasteiger partial charge in [0, 0.05) is 5.71 Å². The predicted octanol–water partition coefficient (Wildman–Crippen LogP) is 1.77. The van der Waals surface area contributed by atoms with Crippen LogP contribution >= 0.6 is 0 Å². The van der Waals surface area contributed by atoms with E-state index in [9.17, 15) is 4.79 Å². The van der Waals surface area contributed by atoms with Crippen LogP contribution in [0.25, 0.3) is 0 Å². The molecule has 0 spiro atoms. The summed E-state index contributed by atoms with van der Waals surface area (Å²) in [5.41, 5.74) is 0.319. The number of rotatable bonds is 4. The maximum absolute atomic E-state index is 10.5. The van der Waals surface area contributed by atoms with Crippen molar-refractivity contribution in [2.24, 2.45) is 11.8 Å². The number of carboxylic acid groups (broad SMARTS) is 1. The molecule has 0 aromatic rings. The van der Waals surface area contributed by atoms with Gasteiger partial charge in [0.2, 0.25) is 0 Å². The second kappa shape index (κ2) is 4.11. The summed E-state index contributed by atoms with van der Waals surface area (Å²) in [5, 5.41) is 16.1. The fraction of sp³-hybridized carbons (Fsp3) is 0.750. The number of carbonyl (C=O) groups is 1. The van der Waals surface area contributed by atoms with Crippen LogP contribution in [-0.2, 0) is 4.79 Å². The highest BCUT2D eigenvalue weighted by molar-refractivity contribution is 6.00. The molecule has 64 valence electrons. The van der Waals surface area contributed by atoms with E-state index >= 15 is 0 Å². The summed E-state index contributed by atoms with van der Waals surface area (Å²) in [6.45, 7) is 5.47. The Balaban J connectivity index is 4.27. The smallest absolute Gasteiger partial charge is 0.312 e. The van der Waals surface area contributed by atoms with Gasteiger partial charge in [-0.1, -0.05) is 20.8 Å². The first-order chi connectivity index (χ1) is 5.00. The topological polar surface area (TPSA) is 61.2 Å². The lowest BCUT2D eigenvalue weighted by Crippen LogP contribution is -2.26. The minimum Gasteiger partial charge on any atom is -0.481 e. The molecule has 0 bridgehead atoms. The Kier molecular flexibility index (Phi) is 3.79. The van der Waals surface area contributed by atoms with Gasteiger partial charge < -0.3 is 10.5 Å². The zero-order valence-corrected chi connectivity index (χ0v) is 7.22. The van der Waals surface area contributed by atoms with E-state index in [-0.39, 0.29) is 5.92 Å². The third-order valence-corrected chi connectivity index (χ3v) is 1.70. The van der Waals surface area contributed by atoms with E-state index in [0.717, 1.165) is 0 Å². The Bertz CT molecular complexity index is 163. The van der Waals surface area contributed by atoms with Crippen LogP contribution in [0.5, 0.6) is 0 Å². The summed E-state index contributed by atoms with van der Waals surface area (Å²) >= 11 is 0. The van der Waals surface area contributed by atoms with Crippen molar-refractivity contribution < 1.29 is 9.90 Å². The van der Waals surface area contributed by atoms with Crippen molar-refractivity contribution in [3.8, 4) is 0 Å². The molecule has 0 aliphatic carbocycles. The van der Waals surface area contributed by atoms with Crippen molar-refractivity contribution in [1.29, 1.82) is 5.41 Å². The van der Waals surface area contributed by atoms with Crippen molar-refractivity contribution in [3.63, 3.8) is 0 Å². The fourth-order valence-electron chi connectivity index (χ4n) is 0.930. The average molecular weight is 157 g/mol. The molecule has 0 fully saturated rings. The third kappa shape index (κ3) is 2.70. The van der Waals surface area contributed by atoms with Gasteiger partial charge in [-0.2, -0.15) is 0 Å². The Labute approximate surface area is 66.9 Å². The summed E-state index contributed by atoms with van der Waals surface area (Å²) in [5.74, 6) is -1.43. The fourth-order valence-corrected chi connectivity index (χ4v) is 0.930. The minimum absolute atomic E-state index is 0.0380. The van der Waals surface area contributed by atoms with Gasteiger partial charge in [0.15, 0.2) is 0 Å². The van der Waals surface area contributed by atoms with E-state index < -0.39 is 11.9 Å². The predicted molar refractivity (Wildman–Crippen MR) is 44.0 cm³/mol. The molecule has 0 rings (SSSR count). The van der Waals surface area contributed by atoms with Crippen molar-refractivity contribution in [2.75, 3.05) is 0 Å². The first kappa shape index (κ1) is 10.1. The van der Waals surface area contributed by atoms with Gasteiger partial charge in [-0.3, -0.25) is 4.79 Å². The maximum Gasteiger partial charge on any atom is 0.312 e. The molecule has 0 aromatic heterocycles. The monoisotopic (exact) mass is 157 g/mol. The Morgan fingerprint density at radius 1 is 1.55 bits per heavy atom. The van der Waals surface area contributed by atoms with Crippen LogP contribution in [0.15, 0.2) is 0 Å². The highest BCUT2D eigenvalue weighted by atomic mass is 16.4. The number of hydrogen-bond donors (Lipinski definition) is 2. The zero-order chi connectivity index (χ0) is 9.02. The molecule has 0 saturated heterocycles. The van der Waals surface area contributed by atoms with Crippen molar-refractivity contribution in [3.05, 3.63) is 0 Å². The van der Waals surface area contributed by atoms with E-state index in [2.05, 4.69) is 0 Å². The third-order valence-electron chi connectivity index (χ3n) is 1.70. The van der Waals surface area contributed by atoms with Crippen LogP contribution in [0.2, 0.25) is 0 Å². The molecule has 0 radical (unpaired) electrons. The molecule has 0 aliphatic rings. The minimum atomic E-state index is -0.883. The molecule has 0 aliphatic heterocycles.